The van der Waals surface area contributed by atoms with Crippen LogP contribution in [0.15, 0.2) is 82.5 Å². The van der Waals surface area contributed by atoms with E-state index >= 15 is 0 Å². The Kier molecular flexibility index (Phi) is 23.8. The Balaban J connectivity index is 4.01. The van der Waals surface area contributed by atoms with Crippen molar-refractivity contribution in [2.75, 3.05) is 0 Å². The van der Waals surface area contributed by atoms with Gasteiger partial charge in [0.1, 0.15) is 0 Å². The van der Waals surface area contributed by atoms with E-state index in [1.165, 1.54) is 92.9 Å². The molecule has 0 bridgehead atoms. The number of allylic oxidation sites excluding steroid dienone is 14. The summed E-state index contributed by atoms with van der Waals surface area (Å²) in [5.74, 6) is 2.13. The first-order valence-electron chi connectivity index (χ1n) is 16.6. The lowest BCUT2D eigenvalue weighted by molar-refractivity contribution is 0.435. The molecule has 0 rings (SSSR count). The molecule has 0 aromatic rings. The predicted octanol–water partition coefficient (Wildman–Crippen LogP) is 13.8. The van der Waals surface area contributed by atoms with E-state index in [1.54, 1.807) is 5.57 Å². The van der Waals surface area contributed by atoms with Crippen molar-refractivity contribution in [2.24, 2.45) is 17.8 Å². The van der Waals surface area contributed by atoms with Crippen LogP contribution in [0.3, 0.4) is 0 Å². The number of unbranched alkanes of at least 4 members (excludes halogenated alkanes) is 1. The maximum Gasteiger partial charge on any atom is -0.00788 e. The van der Waals surface area contributed by atoms with Crippen LogP contribution < -0.4 is 0 Å². The first kappa shape index (κ1) is 38.2. The zero-order chi connectivity index (χ0) is 30.2. The fourth-order valence-corrected chi connectivity index (χ4v) is 4.86. The molecular formula is C40H68. The normalized spacial score (nSPS) is 15.5. The molecule has 0 fully saturated rings. The lowest BCUT2D eigenvalue weighted by Crippen LogP contribution is -1.97. The van der Waals surface area contributed by atoms with E-state index in [1.807, 2.05) is 0 Å². The molecule has 0 aliphatic heterocycles. The summed E-state index contributed by atoms with van der Waals surface area (Å²) in [5, 5.41) is 0. The molecule has 228 valence electrons. The number of rotatable bonds is 22. The van der Waals surface area contributed by atoms with E-state index in [4.69, 9.17) is 0 Å². The summed E-state index contributed by atoms with van der Waals surface area (Å²) < 4.78 is 0. The molecular weight excluding hydrogens is 480 g/mol. The minimum atomic E-state index is 0.505. The van der Waals surface area contributed by atoms with Gasteiger partial charge in [0.15, 0.2) is 0 Å². The van der Waals surface area contributed by atoms with Crippen molar-refractivity contribution in [3.05, 3.63) is 82.5 Å². The molecule has 0 nitrogen and oxygen atoms in total. The summed E-state index contributed by atoms with van der Waals surface area (Å²) in [6, 6.07) is 0. The quantitative estimate of drug-likeness (QED) is 0.0717. The topological polar surface area (TPSA) is 0 Å². The van der Waals surface area contributed by atoms with Gasteiger partial charge in [-0.1, -0.05) is 129 Å². The molecule has 0 saturated carbocycles. The van der Waals surface area contributed by atoms with Crippen LogP contribution in [-0.4, -0.2) is 0 Å². The summed E-state index contributed by atoms with van der Waals surface area (Å²) >= 11 is 0. The Morgan fingerprint density at radius 1 is 0.525 bits per heavy atom. The van der Waals surface area contributed by atoms with Crippen LogP contribution in [0.4, 0.5) is 0 Å². The molecule has 0 aromatic carbocycles. The highest BCUT2D eigenvalue weighted by molar-refractivity contribution is 5.14. The fourth-order valence-electron chi connectivity index (χ4n) is 4.86. The summed E-state index contributed by atoms with van der Waals surface area (Å²) in [5.41, 5.74) is 7.40. The molecule has 0 aromatic heterocycles. The Morgan fingerprint density at radius 2 is 1.02 bits per heavy atom. The van der Waals surface area contributed by atoms with Crippen LogP contribution in [0.25, 0.3) is 0 Å². The van der Waals surface area contributed by atoms with Gasteiger partial charge in [-0.3, -0.25) is 0 Å². The zero-order valence-electron chi connectivity index (χ0n) is 28.6. The molecule has 0 amide bonds. The average Bonchev–Trinajstić information content (AvgIpc) is 2.86. The van der Waals surface area contributed by atoms with Crippen molar-refractivity contribution < 1.29 is 0 Å². The lowest BCUT2D eigenvalue weighted by atomic mass is 9.94. The second kappa shape index (κ2) is 24.9. The maximum absolute atomic E-state index is 2.50. The minimum absolute atomic E-state index is 0.505. The van der Waals surface area contributed by atoms with Crippen LogP contribution in [-0.2, 0) is 0 Å². The standard InChI is InChI=1S/C40H68/c1-33(2)19-13-23-37(7)27-17-31-39(9)29-15-25-35(5)21-11-12-22-36(6)26-16-30-40(10)32-18-28-38(8)24-14-20-34(3)4/h15,17,19-20,27-31,35-36,39H,11-14,16,18,21-26,32H2,1-10H3/b29-15+,31-17+,37-27+,38-28+,40-30+. The molecule has 3 atom stereocenters. The van der Waals surface area contributed by atoms with Gasteiger partial charge in [0.2, 0.25) is 0 Å². The summed E-state index contributed by atoms with van der Waals surface area (Å²) in [6.45, 7) is 22.7. The molecule has 40 heavy (non-hydrogen) atoms. The predicted molar refractivity (Wildman–Crippen MR) is 186 cm³/mol. The second-order valence-corrected chi connectivity index (χ2v) is 13.3. The highest BCUT2D eigenvalue weighted by atomic mass is 14.1. The SMILES string of the molecule is CC(C)=CCC/C(C)=C/C=C/C(C)/C=C/CC(C)CCCCC(C)CC/C=C(\C)CC/C=C(\C)CCC=C(C)C. The lowest BCUT2D eigenvalue weighted by Gasteiger charge is -2.12. The average molecular weight is 549 g/mol. The van der Waals surface area contributed by atoms with Gasteiger partial charge < -0.3 is 0 Å². The van der Waals surface area contributed by atoms with E-state index in [0.717, 1.165) is 24.7 Å². The Labute approximate surface area is 252 Å². The van der Waals surface area contributed by atoms with E-state index in [0.29, 0.717) is 5.92 Å². The third-order valence-electron chi connectivity index (χ3n) is 7.78. The van der Waals surface area contributed by atoms with Gasteiger partial charge in [-0.15, -0.1) is 0 Å². The van der Waals surface area contributed by atoms with Crippen LogP contribution in [0.1, 0.15) is 153 Å². The monoisotopic (exact) mass is 549 g/mol. The largest absolute Gasteiger partial charge is 0.0877 e. The van der Waals surface area contributed by atoms with Gasteiger partial charge in [0.05, 0.1) is 0 Å². The first-order chi connectivity index (χ1) is 19.0. The fraction of sp³-hybridized carbons (Fsp3) is 0.650. The van der Waals surface area contributed by atoms with E-state index in [9.17, 15) is 0 Å². The molecule has 0 saturated heterocycles. The van der Waals surface area contributed by atoms with Crippen molar-refractivity contribution in [1.82, 2.24) is 0 Å². The summed E-state index contributed by atoms with van der Waals surface area (Å²) in [6.07, 6.45) is 37.6. The third-order valence-corrected chi connectivity index (χ3v) is 7.78. The van der Waals surface area contributed by atoms with Crippen molar-refractivity contribution in [3.63, 3.8) is 0 Å². The van der Waals surface area contributed by atoms with E-state index in [-0.39, 0.29) is 0 Å². The summed E-state index contributed by atoms with van der Waals surface area (Å²) in [7, 11) is 0. The smallest absolute Gasteiger partial charge is 0.00788 e. The minimum Gasteiger partial charge on any atom is -0.0877 e. The number of hydrogen-bond donors (Lipinski definition) is 0. The molecule has 0 spiro atoms. The molecule has 0 heterocycles. The first-order valence-corrected chi connectivity index (χ1v) is 16.6. The van der Waals surface area contributed by atoms with E-state index < -0.39 is 0 Å². The van der Waals surface area contributed by atoms with Gasteiger partial charge in [0, 0.05) is 0 Å². The zero-order valence-corrected chi connectivity index (χ0v) is 28.6. The molecule has 3 unspecified atom stereocenters. The second-order valence-electron chi connectivity index (χ2n) is 13.3. The number of hydrogen-bond acceptors (Lipinski definition) is 0. The van der Waals surface area contributed by atoms with Gasteiger partial charge in [-0.25, -0.2) is 0 Å². The summed E-state index contributed by atoms with van der Waals surface area (Å²) in [4.78, 5) is 0. The highest BCUT2D eigenvalue weighted by Gasteiger charge is 2.04. The van der Waals surface area contributed by atoms with Gasteiger partial charge in [-0.2, -0.15) is 0 Å². The van der Waals surface area contributed by atoms with E-state index in [2.05, 4.69) is 124 Å². The van der Waals surface area contributed by atoms with Gasteiger partial charge >= 0.3 is 0 Å². The van der Waals surface area contributed by atoms with Gasteiger partial charge in [-0.05, 0) is 124 Å². The molecule has 0 N–H and O–H groups in total. The molecule has 0 aliphatic carbocycles. The van der Waals surface area contributed by atoms with Crippen molar-refractivity contribution >= 4 is 0 Å². The van der Waals surface area contributed by atoms with Crippen LogP contribution in [0, 0.1) is 17.8 Å². The molecule has 0 radical (unpaired) electrons. The highest BCUT2D eigenvalue weighted by Crippen LogP contribution is 2.20. The van der Waals surface area contributed by atoms with Crippen LogP contribution >= 0.6 is 0 Å². The van der Waals surface area contributed by atoms with Crippen molar-refractivity contribution in [3.8, 4) is 0 Å². The molecule has 0 heteroatoms. The Morgan fingerprint density at radius 3 is 1.60 bits per heavy atom. The maximum atomic E-state index is 2.50. The molecule has 0 aliphatic rings. The Hall–Kier alpha value is -1.82. The van der Waals surface area contributed by atoms with Crippen molar-refractivity contribution in [2.45, 2.75) is 153 Å². The van der Waals surface area contributed by atoms with Crippen LogP contribution in [0.5, 0.6) is 0 Å². The van der Waals surface area contributed by atoms with Crippen LogP contribution in [0.2, 0.25) is 0 Å². The van der Waals surface area contributed by atoms with Crippen molar-refractivity contribution in [1.29, 1.82) is 0 Å². The van der Waals surface area contributed by atoms with Gasteiger partial charge in [0.25, 0.3) is 0 Å². The third kappa shape index (κ3) is 26.4. The Bertz CT molecular complexity index is 842.